The average molecular weight is 730 g/mol. The molecule has 0 fully saturated rings. The molecule has 0 aliphatic carbocycles. The molecule has 8 aromatic carbocycles. The monoisotopic (exact) mass is 729 g/mol. The summed E-state index contributed by atoms with van der Waals surface area (Å²) in [6.07, 6.45) is 0. The van der Waals surface area contributed by atoms with Gasteiger partial charge in [-0.05, 0) is 65.7 Å². The van der Waals surface area contributed by atoms with Gasteiger partial charge >= 0.3 is 0 Å². The standard InChI is InChI=1S/C51H31N5O/c1-3-15-32(16-4-1)33-17-13-18-34(31-33)49-52-50(40-25-14-24-37-36-21-9-12-28-45(36)57-48(37)40)54-51(53-49)56-42-27-11-8-23-39(42)47-44(56)30-29-43-46(47)38-22-7-10-26-41(38)55(43)35-19-5-2-6-20-35/h1-31H. The zero-order valence-corrected chi connectivity index (χ0v) is 30.5. The molecule has 0 saturated carbocycles. The second kappa shape index (κ2) is 12.3. The van der Waals surface area contributed by atoms with E-state index in [1.165, 1.54) is 10.8 Å². The van der Waals surface area contributed by atoms with E-state index in [0.717, 1.165) is 82.7 Å². The Morgan fingerprint density at radius 2 is 0.930 bits per heavy atom. The van der Waals surface area contributed by atoms with Crippen molar-refractivity contribution in [3.63, 3.8) is 0 Å². The van der Waals surface area contributed by atoms with Crippen LogP contribution in [0.5, 0.6) is 0 Å². The first-order valence-electron chi connectivity index (χ1n) is 19.1. The van der Waals surface area contributed by atoms with Gasteiger partial charge in [0.25, 0.3) is 0 Å². The Morgan fingerprint density at radius 1 is 0.368 bits per heavy atom. The number of aromatic nitrogens is 5. The van der Waals surface area contributed by atoms with Gasteiger partial charge in [-0.25, -0.2) is 4.98 Å². The molecule has 0 unspecified atom stereocenters. The molecule has 266 valence electrons. The molecule has 6 heteroatoms. The third-order valence-electron chi connectivity index (χ3n) is 11.2. The van der Waals surface area contributed by atoms with E-state index in [-0.39, 0.29) is 0 Å². The van der Waals surface area contributed by atoms with Gasteiger partial charge in [-0.1, -0.05) is 133 Å². The lowest BCUT2D eigenvalue weighted by atomic mass is 10.0. The van der Waals surface area contributed by atoms with Crippen molar-refractivity contribution >= 4 is 65.6 Å². The smallest absolute Gasteiger partial charge is 0.238 e. The summed E-state index contributed by atoms with van der Waals surface area (Å²) in [4.78, 5) is 15.9. The minimum absolute atomic E-state index is 0.533. The van der Waals surface area contributed by atoms with E-state index >= 15 is 0 Å². The Bertz CT molecular complexity index is 3520. The number of rotatable bonds is 5. The SMILES string of the molecule is c1ccc(-c2cccc(-c3nc(-c4cccc5c4oc4ccccc45)nc(-n4c5ccccc5c5c6c7ccccc7n(-c7ccccc7)c6ccc54)n3)c2)cc1. The van der Waals surface area contributed by atoms with Gasteiger partial charge in [0.15, 0.2) is 11.6 Å². The summed E-state index contributed by atoms with van der Waals surface area (Å²) in [5.74, 6) is 1.65. The Kier molecular flexibility index (Phi) is 6.83. The van der Waals surface area contributed by atoms with Gasteiger partial charge in [0.05, 0.1) is 27.6 Å². The molecule has 57 heavy (non-hydrogen) atoms. The predicted octanol–water partition coefficient (Wildman–Crippen LogP) is 13.0. The number of nitrogens with zero attached hydrogens (tertiary/aromatic N) is 5. The van der Waals surface area contributed by atoms with Crippen molar-refractivity contribution in [1.82, 2.24) is 24.1 Å². The van der Waals surface area contributed by atoms with Gasteiger partial charge in [0, 0.05) is 43.6 Å². The molecule has 12 rings (SSSR count). The van der Waals surface area contributed by atoms with E-state index in [1.807, 2.05) is 30.3 Å². The molecular formula is C51H31N5O. The Labute approximate surface area is 326 Å². The fourth-order valence-corrected chi connectivity index (χ4v) is 8.69. The highest BCUT2D eigenvalue weighted by atomic mass is 16.3. The van der Waals surface area contributed by atoms with Crippen molar-refractivity contribution in [2.45, 2.75) is 0 Å². The van der Waals surface area contributed by atoms with Crippen molar-refractivity contribution in [1.29, 1.82) is 0 Å². The van der Waals surface area contributed by atoms with Gasteiger partial charge < -0.3 is 8.98 Å². The van der Waals surface area contributed by atoms with Gasteiger partial charge in [-0.2, -0.15) is 9.97 Å². The van der Waals surface area contributed by atoms with Gasteiger partial charge in [-0.15, -0.1) is 0 Å². The Hall–Kier alpha value is -7.83. The van der Waals surface area contributed by atoms with E-state index in [2.05, 4.69) is 167 Å². The summed E-state index contributed by atoms with van der Waals surface area (Å²) in [6.45, 7) is 0. The van der Waals surface area contributed by atoms with E-state index in [0.29, 0.717) is 17.6 Å². The van der Waals surface area contributed by atoms with Crippen LogP contribution in [0.1, 0.15) is 0 Å². The average Bonchev–Trinajstić information content (AvgIpc) is 3.95. The highest BCUT2D eigenvalue weighted by Crippen LogP contribution is 2.43. The lowest BCUT2D eigenvalue weighted by Gasteiger charge is -2.12. The van der Waals surface area contributed by atoms with Crippen LogP contribution in [0.25, 0.3) is 111 Å². The summed E-state index contributed by atoms with van der Waals surface area (Å²) in [5, 5.41) is 6.74. The van der Waals surface area contributed by atoms with Crippen LogP contribution in [-0.2, 0) is 0 Å². The van der Waals surface area contributed by atoms with Crippen LogP contribution in [-0.4, -0.2) is 24.1 Å². The normalized spacial score (nSPS) is 11.9. The maximum atomic E-state index is 6.55. The Balaban J connectivity index is 1.17. The second-order valence-corrected chi connectivity index (χ2v) is 14.4. The van der Waals surface area contributed by atoms with Crippen LogP contribution in [0.4, 0.5) is 0 Å². The van der Waals surface area contributed by atoms with Crippen molar-refractivity contribution in [2.75, 3.05) is 0 Å². The van der Waals surface area contributed by atoms with Crippen molar-refractivity contribution < 1.29 is 4.42 Å². The highest BCUT2D eigenvalue weighted by molar-refractivity contribution is 6.28. The minimum Gasteiger partial charge on any atom is -0.455 e. The first-order valence-corrected chi connectivity index (χ1v) is 19.1. The van der Waals surface area contributed by atoms with Crippen molar-refractivity contribution in [3.05, 3.63) is 188 Å². The number of fused-ring (bicyclic) bond motifs is 10. The van der Waals surface area contributed by atoms with E-state index in [4.69, 9.17) is 19.4 Å². The fourth-order valence-electron chi connectivity index (χ4n) is 8.69. The molecule has 0 amide bonds. The van der Waals surface area contributed by atoms with Crippen LogP contribution in [0, 0.1) is 0 Å². The zero-order valence-electron chi connectivity index (χ0n) is 30.5. The molecule has 0 saturated heterocycles. The summed E-state index contributed by atoms with van der Waals surface area (Å²) < 4.78 is 11.1. The van der Waals surface area contributed by atoms with Crippen LogP contribution in [0.3, 0.4) is 0 Å². The molecule has 0 spiro atoms. The van der Waals surface area contributed by atoms with Gasteiger partial charge in [0.2, 0.25) is 5.95 Å². The number of para-hydroxylation sites is 5. The molecule has 0 aliphatic rings. The molecule has 0 aliphatic heterocycles. The summed E-state index contributed by atoms with van der Waals surface area (Å²) in [5.41, 5.74) is 10.9. The quantitative estimate of drug-likeness (QED) is 0.177. The van der Waals surface area contributed by atoms with Crippen molar-refractivity contribution in [3.8, 4) is 45.5 Å². The third-order valence-corrected chi connectivity index (χ3v) is 11.2. The zero-order chi connectivity index (χ0) is 37.5. The van der Waals surface area contributed by atoms with Gasteiger partial charge in [0.1, 0.15) is 11.2 Å². The molecule has 0 bridgehead atoms. The lowest BCUT2D eigenvalue weighted by molar-refractivity contribution is 0.669. The van der Waals surface area contributed by atoms with Crippen LogP contribution < -0.4 is 0 Å². The maximum absolute atomic E-state index is 6.55. The van der Waals surface area contributed by atoms with E-state index < -0.39 is 0 Å². The second-order valence-electron chi connectivity index (χ2n) is 14.4. The summed E-state index contributed by atoms with van der Waals surface area (Å²) in [7, 11) is 0. The maximum Gasteiger partial charge on any atom is 0.238 e. The molecule has 4 aromatic heterocycles. The predicted molar refractivity (Wildman–Crippen MR) is 232 cm³/mol. The van der Waals surface area contributed by atoms with E-state index in [1.54, 1.807) is 0 Å². The molecule has 0 N–H and O–H groups in total. The largest absolute Gasteiger partial charge is 0.455 e. The van der Waals surface area contributed by atoms with E-state index in [9.17, 15) is 0 Å². The number of furan rings is 1. The third kappa shape index (κ3) is 4.81. The lowest BCUT2D eigenvalue weighted by Crippen LogP contribution is -2.06. The molecule has 6 nitrogen and oxygen atoms in total. The Morgan fingerprint density at radius 3 is 1.70 bits per heavy atom. The molecular weight excluding hydrogens is 699 g/mol. The number of benzene rings is 8. The molecule has 0 atom stereocenters. The summed E-state index contributed by atoms with van der Waals surface area (Å²) >= 11 is 0. The fraction of sp³-hybridized carbons (Fsp3) is 0. The number of hydrogen-bond acceptors (Lipinski definition) is 4. The van der Waals surface area contributed by atoms with Crippen LogP contribution in [0.2, 0.25) is 0 Å². The first-order chi connectivity index (χ1) is 28.3. The van der Waals surface area contributed by atoms with Crippen molar-refractivity contribution in [2.24, 2.45) is 0 Å². The van der Waals surface area contributed by atoms with Gasteiger partial charge in [-0.3, -0.25) is 4.57 Å². The highest BCUT2D eigenvalue weighted by Gasteiger charge is 2.23. The molecule has 0 radical (unpaired) electrons. The van der Waals surface area contributed by atoms with Crippen LogP contribution >= 0.6 is 0 Å². The number of hydrogen-bond donors (Lipinski definition) is 0. The summed E-state index contributed by atoms with van der Waals surface area (Å²) in [6, 6.07) is 65.5. The topological polar surface area (TPSA) is 61.7 Å². The molecule has 4 heterocycles. The first kappa shape index (κ1) is 31.5. The minimum atomic E-state index is 0.533. The molecule has 12 aromatic rings. The van der Waals surface area contributed by atoms with Crippen LogP contribution in [0.15, 0.2) is 192 Å².